The number of nitrogens with zero attached hydrogens (tertiary/aromatic N) is 3. The van der Waals surface area contributed by atoms with E-state index < -0.39 is 0 Å². The Morgan fingerprint density at radius 3 is 2.84 bits per heavy atom. The SMILES string of the molecule is CN=C(NC1CC1c1c(F)cccc1Cl)N1CCC(N2CC=CC2)C1. The molecule has 3 aliphatic rings. The van der Waals surface area contributed by atoms with Gasteiger partial charge in [0.2, 0.25) is 0 Å². The summed E-state index contributed by atoms with van der Waals surface area (Å²) < 4.78 is 14.1. The van der Waals surface area contributed by atoms with Crippen LogP contribution in [-0.2, 0) is 0 Å². The summed E-state index contributed by atoms with van der Waals surface area (Å²) >= 11 is 6.20. The molecule has 1 N–H and O–H groups in total. The Bertz CT molecular complexity index is 676. The Hall–Kier alpha value is -1.59. The van der Waals surface area contributed by atoms with Crippen molar-refractivity contribution in [2.45, 2.75) is 30.8 Å². The van der Waals surface area contributed by atoms with Crippen LogP contribution in [0.4, 0.5) is 4.39 Å². The van der Waals surface area contributed by atoms with Crippen molar-refractivity contribution in [2.75, 3.05) is 33.2 Å². The van der Waals surface area contributed by atoms with Crippen LogP contribution in [0.2, 0.25) is 5.02 Å². The van der Waals surface area contributed by atoms with E-state index in [0.29, 0.717) is 16.6 Å². The Kier molecular flexibility index (Phi) is 4.69. The molecule has 4 nitrogen and oxygen atoms in total. The normalized spacial score (nSPS) is 29.5. The fourth-order valence-electron chi connectivity index (χ4n) is 4.03. The minimum atomic E-state index is -0.209. The van der Waals surface area contributed by atoms with E-state index in [-0.39, 0.29) is 17.8 Å². The molecule has 0 radical (unpaired) electrons. The van der Waals surface area contributed by atoms with Crippen molar-refractivity contribution >= 4 is 17.6 Å². The molecule has 1 saturated heterocycles. The molecule has 3 atom stereocenters. The summed E-state index contributed by atoms with van der Waals surface area (Å²) in [6.45, 7) is 4.12. The van der Waals surface area contributed by atoms with Crippen molar-refractivity contribution in [3.8, 4) is 0 Å². The zero-order chi connectivity index (χ0) is 17.4. The molecule has 1 aromatic carbocycles. The largest absolute Gasteiger partial charge is 0.353 e. The van der Waals surface area contributed by atoms with E-state index in [1.165, 1.54) is 6.07 Å². The van der Waals surface area contributed by atoms with Crippen molar-refractivity contribution in [3.63, 3.8) is 0 Å². The number of rotatable bonds is 3. The Morgan fingerprint density at radius 1 is 1.32 bits per heavy atom. The average molecular weight is 363 g/mol. The Balaban J connectivity index is 1.36. The highest BCUT2D eigenvalue weighted by Crippen LogP contribution is 2.45. The number of likely N-dealkylation sites (tertiary alicyclic amines) is 1. The lowest BCUT2D eigenvalue weighted by molar-refractivity contribution is 0.259. The predicted octanol–water partition coefficient (Wildman–Crippen LogP) is 2.86. The van der Waals surface area contributed by atoms with Gasteiger partial charge in [-0.25, -0.2) is 4.39 Å². The predicted molar refractivity (Wildman–Crippen MR) is 99.7 cm³/mol. The number of guanidine groups is 1. The van der Waals surface area contributed by atoms with Gasteiger partial charge in [0.15, 0.2) is 5.96 Å². The standard InChI is InChI=1S/C19H24ClFN4/c1-22-19(25-10-7-13(12-25)24-8-2-3-9-24)23-17-11-14(17)18-15(20)5-4-6-16(18)21/h2-6,13-14,17H,7-12H2,1H3,(H,22,23). The quantitative estimate of drug-likeness (QED) is 0.509. The topological polar surface area (TPSA) is 30.9 Å². The molecule has 25 heavy (non-hydrogen) atoms. The molecule has 134 valence electrons. The van der Waals surface area contributed by atoms with E-state index in [9.17, 15) is 4.39 Å². The molecule has 3 unspecified atom stereocenters. The van der Waals surface area contributed by atoms with Gasteiger partial charge in [-0.15, -0.1) is 0 Å². The lowest BCUT2D eigenvalue weighted by Crippen LogP contribution is -2.43. The number of aliphatic imine (C=N–C) groups is 1. The maximum absolute atomic E-state index is 14.1. The highest BCUT2D eigenvalue weighted by molar-refractivity contribution is 6.31. The van der Waals surface area contributed by atoms with Crippen LogP contribution in [0.3, 0.4) is 0 Å². The van der Waals surface area contributed by atoms with Crippen LogP contribution in [0.25, 0.3) is 0 Å². The van der Waals surface area contributed by atoms with Crippen molar-refractivity contribution in [3.05, 3.63) is 46.8 Å². The fourth-order valence-corrected chi connectivity index (χ4v) is 4.33. The third-order valence-corrected chi connectivity index (χ3v) is 5.84. The van der Waals surface area contributed by atoms with Gasteiger partial charge in [-0.3, -0.25) is 9.89 Å². The molecule has 2 heterocycles. The molecule has 6 heteroatoms. The fraction of sp³-hybridized carbons (Fsp3) is 0.526. The third kappa shape index (κ3) is 3.40. The van der Waals surface area contributed by atoms with Gasteiger partial charge in [0.25, 0.3) is 0 Å². The summed E-state index contributed by atoms with van der Waals surface area (Å²) in [5, 5.41) is 4.03. The van der Waals surface area contributed by atoms with E-state index in [2.05, 4.69) is 32.3 Å². The van der Waals surface area contributed by atoms with Gasteiger partial charge in [-0.05, 0) is 25.0 Å². The first-order chi connectivity index (χ1) is 12.2. The molecular formula is C19H24ClFN4. The van der Waals surface area contributed by atoms with Gasteiger partial charge in [-0.1, -0.05) is 29.8 Å². The molecule has 2 fully saturated rings. The maximum Gasteiger partial charge on any atom is 0.193 e. The van der Waals surface area contributed by atoms with E-state index in [1.54, 1.807) is 12.1 Å². The monoisotopic (exact) mass is 362 g/mol. The molecular weight excluding hydrogens is 339 g/mol. The lowest BCUT2D eigenvalue weighted by Gasteiger charge is -2.25. The van der Waals surface area contributed by atoms with E-state index in [1.807, 2.05) is 7.05 Å². The van der Waals surface area contributed by atoms with Crippen LogP contribution >= 0.6 is 11.6 Å². The van der Waals surface area contributed by atoms with Gasteiger partial charge >= 0.3 is 0 Å². The van der Waals surface area contributed by atoms with Crippen LogP contribution in [0, 0.1) is 5.82 Å². The zero-order valence-corrected chi connectivity index (χ0v) is 15.2. The first-order valence-electron chi connectivity index (χ1n) is 8.98. The summed E-state index contributed by atoms with van der Waals surface area (Å²) in [6, 6.07) is 5.70. The smallest absolute Gasteiger partial charge is 0.193 e. The van der Waals surface area contributed by atoms with Crippen molar-refractivity contribution < 1.29 is 4.39 Å². The minimum Gasteiger partial charge on any atom is -0.353 e. The van der Waals surface area contributed by atoms with Crippen LogP contribution in [-0.4, -0.2) is 61.1 Å². The van der Waals surface area contributed by atoms with Gasteiger partial charge in [0.1, 0.15) is 5.82 Å². The van der Waals surface area contributed by atoms with Gasteiger partial charge in [-0.2, -0.15) is 0 Å². The van der Waals surface area contributed by atoms with Crippen LogP contribution in [0.5, 0.6) is 0 Å². The Labute approximate surface area is 153 Å². The molecule has 0 spiro atoms. The second-order valence-corrected chi connectivity index (χ2v) is 7.50. The molecule has 1 aromatic rings. The summed E-state index contributed by atoms with van der Waals surface area (Å²) in [5.41, 5.74) is 0.638. The van der Waals surface area contributed by atoms with Crippen molar-refractivity contribution in [1.82, 2.24) is 15.1 Å². The highest BCUT2D eigenvalue weighted by Gasteiger charge is 2.43. The molecule has 0 bridgehead atoms. The number of hydrogen-bond donors (Lipinski definition) is 1. The molecule has 1 aliphatic carbocycles. The summed E-state index contributed by atoms with van der Waals surface area (Å²) in [5.74, 6) is 0.848. The van der Waals surface area contributed by atoms with Gasteiger partial charge < -0.3 is 10.2 Å². The molecule has 4 rings (SSSR count). The van der Waals surface area contributed by atoms with Gasteiger partial charge in [0.05, 0.1) is 0 Å². The summed E-state index contributed by atoms with van der Waals surface area (Å²) in [4.78, 5) is 9.28. The molecule has 0 amide bonds. The first kappa shape index (κ1) is 16.9. The van der Waals surface area contributed by atoms with Crippen LogP contribution in [0.1, 0.15) is 24.3 Å². The minimum absolute atomic E-state index is 0.131. The second kappa shape index (κ2) is 6.96. The first-order valence-corrected chi connectivity index (χ1v) is 9.36. The van der Waals surface area contributed by atoms with E-state index >= 15 is 0 Å². The summed E-state index contributed by atoms with van der Waals surface area (Å²) in [6.07, 6.45) is 6.54. The van der Waals surface area contributed by atoms with Crippen LogP contribution in [0.15, 0.2) is 35.3 Å². The Morgan fingerprint density at radius 2 is 2.12 bits per heavy atom. The lowest BCUT2D eigenvalue weighted by atomic mass is 10.1. The summed E-state index contributed by atoms with van der Waals surface area (Å²) in [7, 11) is 1.82. The highest BCUT2D eigenvalue weighted by atomic mass is 35.5. The van der Waals surface area contributed by atoms with Gasteiger partial charge in [0, 0.05) is 61.8 Å². The van der Waals surface area contributed by atoms with Crippen molar-refractivity contribution in [1.29, 1.82) is 0 Å². The number of hydrogen-bond acceptors (Lipinski definition) is 2. The average Bonchev–Trinajstić information content (AvgIpc) is 3.03. The van der Waals surface area contributed by atoms with Crippen LogP contribution < -0.4 is 5.32 Å². The maximum atomic E-state index is 14.1. The zero-order valence-electron chi connectivity index (χ0n) is 14.5. The molecule has 1 saturated carbocycles. The second-order valence-electron chi connectivity index (χ2n) is 7.09. The van der Waals surface area contributed by atoms with E-state index in [0.717, 1.165) is 45.0 Å². The molecule has 2 aliphatic heterocycles. The van der Waals surface area contributed by atoms with E-state index in [4.69, 9.17) is 11.6 Å². The molecule has 0 aromatic heterocycles. The number of benzene rings is 1. The third-order valence-electron chi connectivity index (χ3n) is 5.51. The number of halogens is 2. The van der Waals surface area contributed by atoms with Crippen molar-refractivity contribution in [2.24, 2.45) is 4.99 Å². The number of nitrogens with one attached hydrogen (secondary N) is 1.